The molecule has 3 aliphatic rings. The van der Waals surface area contributed by atoms with E-state index in [9.17, 15) is 19.7 Å². The smallest absolute Gasteiger partial charge is 0.232 e. The lowest BCUT2D eigenvalue weighted by molar-refractivity contribution is -0.497. The van der Waals surface area contributed by atoms with Gasteiger partial charge in [0.2, 0.25) is 17.9 Å². The number of rotatable bonds is 4. The predicted octanol–water partition coefficient (Wildman–Crippen LogP) is 1.34. The Morgan fingerprint density at radius 1 is 1.09 bits per heavy atom. The van der Waals surface area contributed by atoms with Gasteiger partial charge in [-0.1, -0.05) is 19.3 Å². The number of hydrogen-bond donors (Lipinski definition) is 1. The molecule has 0 spiro atoms. The SMILES string of the molecule is O=C(NC1CCCCC1)C1CCCN(C(=O)C2CC2[N+](=O)[O-])C1. The van der Waals surface area contributed by atoms with Gasteiger partial charge >= 0.3 is 0 Å². The average molecular weight is 323 g/mol. The van der Waals surface area contributed by atoms with Crippen LogP contribution in [0.15, 0.2) is 0 Å². The summed E-state index contributed by atoms with van der Waals surface area (Å²) in [5, 5.41) is 13.9. The molecular weight excluding hydrogens is 298 g/mol. The van der Waals surface area contributed by atoms with Gasteiger partial charge in [-0.25, -0.2) is 0 Å². The number of amides is 2. The summed E-state index contributed by atoms with van der Waals surface area (Å²) >= 11 is 0. The highest BCUT2D eigenvalue weighted by Crippen LogP contribution is 2.35. The first-order valence-electron chi connectivity index (χ1n) is 8.79. The molecule has 0 bridgehead atoms. The van der Waals surface area contributed by atoms with Crippen molar-refractivity contribution in [3.05, 3.63) is 10.1 Å². The molecule has 0 radical (unpaired) electrons. The van der Waals surface area contributed by atoms with Gasteiger partial charge in [-0.3, -0.25) is 19.7 Å². The zero-order valence-electron chi connectivity index (χ0n) is 13.4. The van der Waals surface area contributed by atoms with Crippen molar-refractivity contribution in [1.29, 1.82) is 0 Å². The molecule has 23 heavy (non-hydrogen) atoms. The molecule has 0 aromatic carbocycles. The lowest BCUT2D eigenvalue weighted by Gasteiger charge is -2.33. The predicted molar refractivity (Wildman–Crippen MR) is 83.2 cm³/mol. The Morgan fingerprint density at radius 3 is 2.48 bits per heavy atom. The second kappa shape index (κ2) is 6.84. The van der Waals surface area contributed by atoms with E-state index in [2.05, 4.69) is 5.32 Å². The third kappa shape index (κ3) is 3.82. The first-order valence-corrected chi connectivity index (χ1v) is 8.79. The van der Waals surface area contributed by atoms with Crippen LogP contribution in [0.4, 0.5) is 0 Å². The molecule has 1 saturated heterocycles. The lowest BCUT2D eigenvalue weighted by Crippen LogP contribution is -2.48. The Balaban J connectivity index is 1.50. The maximum absolute atomic E-state index is 12.4. The Kier molecular flexibility index (Phi) is 4.82. The van der Waals surface area contributed by atoms with Crippen LogP contribution < -0.4 is 5.32 Å². The molecule has 1 heterocycles. The third-order valence-electron chi connectivity index (χ3n) is 5.40. The van der Waals surface area contributed by atoms with E-state index in [1.54, 1.807) is 4.90 Å². The molecule has 0 aromatic rings. The second-order valence-electron chi connectivity index (χ2n) is 7.16. The van der Waals surface area contributed by atoms with Gasteiger partial charge in [0.15, 0.2) is 0 Å². The molecule has 3 rings (SSSR count). The highest BCUT2D eigenvalue weighted by atomic mass is 16.6. The molecule has 2 aliphatic carbocycles. The average Bonchev–Trinajstić information content (AvgIpc) is 3.36. The van der Waals surface area contributed by atoms with Crippen LogP contribution in [-0.2, 0) is 9.59 Å². The van der Waals surface area contributed by atoms with Crippen molar-refractivity contribution in [3.63, 3.8) is 0 Å². The van der Waals surface area contributed by atoms with E-state index in [1.165, 1.54) is 19.3 Å². The van der Waals surface area contributed by atoms with E-state index < -0.39 is 12.0 Å². The molecule has 128 valence electrons. The van der Waals surface area contributed by atoms with Gasteiger partial charge in [0.1, 0.15) is 5.92 Å². The zero-order valence-corrected chi connectivity index (χ0v) is 13.4. The van der Waals surface area contributed by atoms with Crippen molar-refractivity contribution in [3.8, 4) is 0 Å². The van der Waals surface area contributed by atoms with Crippen LogP contribution in [0.2, 0.25) is 0 Å². The topological polar surface area (TPSA) is 92.6 Å². The van der Waals surface area contributed by atoms with Crippen LogP contribution in [0.1, 0.15) is 51.4 Å². The van der Waals surface area contributed by atoms with Gasteiger partial charge < -0.3 is 10.2 Å². The monoisotopic (exact) mass is 323 g/mol. The van der Waals surface area contributed by atoms with Gasteiger partial charge in [-0.2, -0.15) is 0 Å². The number of piperidine rings is 1. The second-order valence-corrected chi connectivity index (χ2v) is 7.16. The Hall–Kier alpha value is -1.66. The minimum atomic E-state index is -0.709. The largest absolute Gasteiger partial charge is 0.353 e. The van der Waals surface area contributed by atoms with Crippen molar-refractivity contribution in [2.75, 3.05) is 13.1 Å². The highest BCUT2D eigenvalue weighted by Gasteiger charge is 2.55. The van der Waals surface area contributed by atoms with Gasteiger partial charge in [0, 0.05) is 30.5 Å². The summed E-state index contributed by atoms with van der Waals surface area (Å²) in [4.78, 5) is 36.8. The zero-order chi connectivity index (χ0) is 16.4. The van der Waals surface area contributed by atoms with E-state index in [0.29, 0.717) is 19.5 Å². The Morgan fingerprint density at radius 2 is 1.83 bits per heavy atom. The first-order chi connectivity index (χ1) is 11.1. The van der Waals surface area contributed by atoms with Gasteiger partial charge in [-0.15, -0.1) is 0 Å². The van der Waals surface area contributed by atoms with Crippen LogP contribution in [-0.4, -0.2) is 46.8 Å². The summed E-state index contributed by atoms with van der Waals surface area (Å²) in [6, 6.07) is -0.427. The highest BCUT2D eigenvalue weighted by molar-refractivity contribution is 5.84. The normalized spacial score (nSPS) is 31.5. The van der Waals surface area contributed by atoms with Crippen molar-refractivity contribution in [2.45, 2.75) is 63.5 Å². The number of carbonyl (C=O) groups is 2. The summed E-state index contributed by atoms with van der Waals surface area (Å²) in [5.74, 6) is -0.717. The molecule has 1 aliphatic heterocycles. The van der Waals surface area contributed by atoms with Crippen molar-refractivity contribution in [1.82, 2.24) is 10.2 Å². The van der Waals surface area contributed by atoms with Crippen LogP contribution >= 0.6 is 0 Å². The Bertz CT molecular complexity index is 490. The number of nitrogens with zero attached hydrogens (tertiary/aromatic N) is 2. The fourth-order valence-corrected chi connectivity index (χ4v) is 3.87. The molecule has 0 aromatic heterocycles. The van der Waals surface area contributed by atoms with E-state index in [1.807, 2.05) is 0 Å². The molecule has 3 atom stereocenters. The number of likely N-dealkylation sites (tertiary alicyclic amines) is 1. The molecule has 3 fully saturated rings. The lowest BCUT2D eigenvalue weighted by atomic mass is 9.93. The molecular formula is C16H25N3O4. The summed E-state index contributed by atoms with van der Waals surface area (Å²) in [6.45, 7) is 1.03. The summed E-state index contributed by atoms with van der Waals surface area (Å²) in [5.41, 5.74) is 0. The quantitative estimate of drug-likeness (QED) is 0.624. The standard InChI is InChI=1S/C16H25N3O4/c20-15(17-12-6-2-1-3-7-12)11-5-4-8-18(10-11)16(21)13-9-14(13)19(22)23/h11-14H,1-10H2,(H,17,20). The molecule has 3 unspecified atom stereocenters. The van der Waals surface area contributed by atoms with Crippen molar-refractivity contribution < 1.29 is 14.5 Å². The third-order valence-corrected chi connectivity index (χ3v) is 5.40. The molecule has 7 nitrogen and oxygen atoms in total. The number of nitro groups is 1. The molecule has 1 N–H and O–H groups in total. The van der Waals surface area contributed by atoms with E-state index in [-0.39, 0.29) is 28.7 Å². The van der Waals surface area contributed by atoms with Gasteiger partial charge in [0.05, 0.1) is 5.92 Å². The van der Waals surface area contributed by atoms with Gasteiger partial charge in [-0.05, 0) is 25.7 Å². The van der Waals surface area contributed by atoms with Crippen molar-refractivity contribution >= 4 is 11.8 Å². The maximum atomic E-state index is 12.4. The number of carbonyl (C=O) groups excluding carboxylic acids is 2. The van der Waals surface area contributed by atoms with E-state index >= 15 is 0 Å². The maximum Gasteiger partial charge on any atom is 0.232 e. The number of nitrogens with one attached hydrogen (secondary N) is 1. The first kappa shape index (κ1) is 16.2. The molecule has 2 amide bonds. The van der Waals surface area contributed by atoms with Gasteiger partial charge in [0.25, 0.3) is 0 Å². The molecule has 2 saturated carbocycles. The minimum absolute atomic E-state index is 0.0519. The van der Waals surface area contributed by atoms with Crippen LogP contribution in [0.25, 0.3) is 0 Å². The minimum Gasteiger partial charge on any atom is -0.353 e. The summed E-state index contributed by atoms with van der Waals surface area (Å²) in [6.07, 6.45) is 7.63. The molecule has 7 heteroatoms. The van der Waals surface area contributed by atoms with Crippen LogP contribution in [0, 0.1) is 22.0 Å². The summed E-state index contributed by atoms with van der Waals surface area (Å²) < 4.78 is 0. The fraction of sp³-hybridized carbons (Fsp3) is 0.875. The fourth-order valence-electron chi connectivity index (χ4n) is 3.87. The van der Waals surface area contributed by atoms with Crippen LogP contribution in [0.3, 0.4) is 0 Å². The number of hydrogen-bond acceptors (Lipinski definition) is 4. The summed E-state index contributed by atoms with van der Waals surface area (Å²) in [7, 11) is 0. The van der Waals surface area contributed by atoms with E-state index in [0.717, 1.165) is 25.7 Å². The van der Waals surface area contributed by atoms with Crippen LogP contribution in [0.5, 0.6) is 0 Å². The Labute approximate surface area is 135 Å². The van der Waals surface area contributed by atoms with Crippen molar-refractivity contribution in [2.24, 2.45) is 11.8 Å². The van der Waals surface area contributed by atoms with E-state index in [4.69, 9.17) is 0 Å².